The first-order valence-electron chi connectivity index (χ1n) is 5.60. The molecular formula is C12H18N2OS2. The molecule has 3 N–H and O–H groups in total. The topological polar surface area (TPSA) is 55.1 Å². The monoisotopic (exact) mass is 270 g/mol. The van der Waals surface area contributed by atoms with E-state index in [1.165, 1.54) is 5.56 Å². The van der Waals surface area contributed by atoms with Crippen molar-refractivity contribution >= 4 is 34.5 Å². The van der Waals surface area contributed by atoms with E-state index in [0.29, 0.717) is 6.54 Å². The Kier molecular flexibility index (Phi) is 5.58. The molecule has 0 aliphatic rings. The molecule has 1 aromatic heterocycles. The van der Waals surface area contributed by atoms with E-state index in [1.54, 1.807) is 11.3 Å². The van der Waals surface area contributed by atoms with Crippen molar-refractivity contribution in [3.8, 4) is 0 Å². The third kappa shape index (κ3) is 4.44. The summed E-state index contributed by atoms with van der Waals surface area (Å²) in [6, 6.07) is 2.06. The molecule has 1 amide bonds. The highest BCUT2D eigenvalue weighted by molar-refractivity contribution is 7.80. The Balaban J connectivity index is 2.40. The van der Waals surface area contributed by atoms with Crippen molar-refractivity contribution in [1.82, 2.24) is 5.32 Å². The fourth-order valence-corrected chi connectivity index (χ4v) is 2.72. The highest BCUT2D eigenvalue weighted by Gasteiger charge is 2.24. The van der Waals surface area contributed by atoms with Crippen molar-refractivity contribution in [1.29, 1.82) is 0 Å². The number of rotatable bonds is 6. The number of thiophene rings is 1. The van der Waals surface area contributed by atoms with Crippen LogP contribution < -0.4 is 11.1 Å². The van der Waals surface area contributed by atoms with Gasteiger partial charge in [0.05, 0.1) is 10.9 Å². The van der Waals surface area contributed by atoms with Crippen LogP contribution in [0.15, 0.2) is 16.8 Å². The molecule has 0 saturated heterocycles. The van der Waals surface area contributed by atoms with Gasteiger partial charge in [0, 0.05) is 6.54 Å². The number of thiocarbonyl (C=S) groups is 1. The van der Waals surface area contributed by atoms with Crippen LogP contribution in [0.4, 0.5) is 0 Å². The molecule has 5 heteroatoms. The largest absolute Gasteiger partial charge is 0.393 e. The fraction of sp³-hybridized carbons (Fsp3) is 0.500. The van der Waals surface area contributed by atoms with Crippen LogP contribution in [-0.2, 0) is 11.2 Å². The first-order valence-corrected chi connectivity index (χ1v) is 6.95. The molecular weight excluding hydrogens is 252 g/mol. The average molecular weight is 270 g/mol. The van der Waals surface area contributed by atoms with Gasteiger partial charge in [-0.3, -0.25) is 4.79 Å². The van der Waals surface area contributed by atoms with Crippen LogP contribution in [-0.4, -0.2) is 17.4 Å². The molecule has 0 saturated carbocycles. The Hall–Kier alpha value is -0.940. The van der Waals surface area contributed by atoms with E-state index >= 15 is 0 Å². The first kappa shape index (κ1) is 14.1. The van der Waals surface area contributed by atoms with Gasteiger partial charge in [0.25, 0.3) is 0 Å². The van der Waals surface area contributed by atoms with E-state index in [2.05, 4.69) is 16.8 Å². The Bertz CT molecular complexity index is 374. The smallest absolute Gasteiger partial charge is 0.230 e. The third-order valence-corrected chi connectivity index (χ3v) is 3.53. The third-order valence-electron chi connectivity index (χ3n) is 2.55. The van der Waals surface area contributed by atoms with Crippen molar-refractivity contribution in [2.75, 3.05) is 6.54 Å². The summed E-state index contributed by atoms with van der Waals surface area (Å²) in [7, 11) is 0. The van der Waals surface area contributed by atoms with E-state index in [-0.39, 0.29) is 22.7 Å². The number of hydrogen-bond acceptors (Lipinski definition) is 3. The van der Waals surface area contributed by atoms with Gasteiger partial charge in [0.2, 0.25) is 5.91 Å². The summed E-state index contributed by atoms with van der Waals surface area (Å²) >= 11 is 6.58. The molecule has 1 heterocycles. The van der Waals surface area contributed by atoms with Gasteiger partial charge in [-0.15, -0.1) is 0 Å². The number of amides is 1. The Morgan fingerprint density at radius 3 is 2.76 bits per heavy atom. The summed E-state index contributed by atoms with van der Waals surface area (Å²) in [5.41, 5.74) is 6.82. The van der Waals surface area contributed by atoms with Crippen LogP contribution in [0.25, 0.3) is 0 Å². The van der Waals surface area contributed by atoms with Crippen LogP contribution >= 0.6 is 23.6 Å². The molecule has 0 radical (unpaired) electrons. The van der Waals surface area contributed by atoms with Gasteiger partial charge in [-0.05, 0) is 34.7 Å². The summed E-state index contributed by atoms with van der Waals surface area (Å²) in [6.07, 6.45) is 0.845. The van der Waals surface area contributed by atoms with Crippen molar-refractivity contribution in [2.24, 2.45) is 17.6 Å². The van der Waals surface area contributed by atoms with Crippen LogP contribution in [0.5, 0.6) is 0 Å². The van der Waals surface area contributed by atoms with Gasteiger partial charge in [-0.2, -0.15) is 11.3 Å². The summed E-state index contributed by atoms with van der Waals surface area (Å²) in [5, 5.41) is 7.00. The lowest BCUT2D eigenvalue weighted by Gasteiger charge is -2.18. The molecule has 0 spiro atoms. The SMILES string of the molecule is CC(C)C(C(=O)NCCc1ccsc1)C(N)=S. The van der Waals surface area contributed by atoms with E-state index in [9.17, 15) is 4.79 Å². The van der Waals surface area contributed by atoms with Crippen molar-refractivity contribution in [2.45, 2.75) is 20.3 Å². The zero-order valence-corrected chi connectivity index (χ0v) is 11.7. The Labute approximate surface area is 111 Å². The van der Waals surface area contributed by atoms with Gasteiger partial charge >= 0.3 is 0 Å². The quantitative estimate of drug-likeness (QED) is 0.777. The molecule has 0 bridgehead atoms. The van der Waals surface area contributed by atoms with Gasteiger partial charge in [-0.25, -0.2) is 0 Å². The van der Waals surface area contributed by atoms with E-state index in [0.717, 1.165) is 6.42 Å². The van der Waals surface area contributed by atoms with Crippen LogP contribution in [0.1, 0.15) is 19.4 Å². The standard InChI is InChI=1S/C12H18N2OS2/c1-8(2)10(11(13)16)12(15)14-5-3-9-4-6-17-7-9/h4,6-8,10H,3,5H2,1-2H3,(H2,13,16)(H,14,15). The molecule has 0 aromatic carbocycles. The highest BCUT2D eigenvalue weighted by Crippen LogP contribution is 2.11. The predicted octanol–water partition coefficient (Wildman–Crippen LogP) is 1.97. The number of carbonyl (C=O) groups is 1. The summed E-state index contributed by atoms with van der Waals surface area (Å²) < 4.78 is 0. The second-order valence-electron chi connectivity index (χ2n) is 4.30. The van der Waals surface area contributed by atoms with Gasteiger partial charge in [-0.1, -0.05) is 26.1 Å². The normalized spacial score (nSPS) is 12.4. The Morgan fingerprint density at radius 2 is 2.29 bits per heavy atom. The fourth-order valence-electron chi connectivity index (χ4n) is 1.64. The molecule has 3 nitrogen and oxygen atoms in total. The van der Waals surface area contributed by atoms with Crippen LogP contribution in [0.2, 0.25) is 0 Å². The highest BCUT2D eigenvalue weighted by atomic mass is 32.1. The minimum atomic E-state index is -0.368. The predicted molar refractivity (Wildman–Crippen MR) is 76.1 cm³/mol. The van der Waals surface area contributed by atoms with E-state index in [4.69, 9.17) is 18.0 Å². The lowest BCUT2D eigenvalue weighted by Crippen LogP contribution is -2.41. The number of carbonyl (C=O) groups excluding carboxylic acids is 1. The molecule has 1 aromatic rings. The maximum Gasteiger partial charge on any atom is 0.230 e. The summed E-state index contributed by atoms with van der Waals surface area (Å²) in [5.74, 6) is -0.302. The minimum absolute atomic E-state index is 0.0669. The summed E-state index contributed by atoms with van der Waals surface area (Å²) in [4.78, 5) is 12.1. The zero-order chi connectivity index (χ0) is 12.8. The summed E-state index contributed by atoms with van der Waals surface area (Å²) in [6.45, 7) is 4.52. The second kappa shape index (κ2) is 6.71. The number of nitrogens with two attached hydrogens (primary N) is 1. The van der Waals surface area contributed by atoms with Crippen LogP contribution in [0.3, 0.4) is 0 Å². The molecule has 1 unspecified atom stereocenters. The molecule has 1 atom stereocenters. The number of hydrogen-bond donors (Lipinski definition) is 2. The van der Waals surface area contributed by atoms with Gasteiger partial charge in [0.1, 0.15) is 0 Å². The maximum absolute atomic E-state index is 11.9. The average Bonchev–Trinajstić information content (AvgIpc) is 2.69. The maximum atomic E-state index is 11.9. The lowest BCUT2D eigenvalue weighted by atomic mass is 9.95. The lowest BCUT2D eigenvalue weighted by molar-refractivity contribution is -0.123. The zero-order valence-electron chi connectivity index (χ0n) is 10.1. The van der Waals surface area contributed by atoms with E-state index in [1.807, 2.05) is 19.2 Å². The first-order chi connectivity index (χ1) is 8.02. The molecule has 1 rings (SSSR count). The number of nitrogens with one attached hydrogen (secondary N) is 1. The van der Waals surface area contributed by atoms with Gasteiger partial charge in [0.15, 0.2) is 0 Å². The van der Waals surface area contributed by atoms with Crippen LogP contribution in [0, 0.1) is 11.8 Å². The van der Waals surface area contributed by atoms with Crippen molar-refractivity contribution in [3.63, 3.8) is 0 Å². The molecule has 0 aliphatic carbocycles. The minimum Gasteiger partial charge on any atom is -0.393 e. The Morgan fingerprint density at radius 1 is 1.59 bits per heavy atom. The van der Waals surface area contributed by atoms with Crippen molar-refractivity contribution in [3.05, 3.63) is 22.4 Å². The second-order valence-corrected chi connectivity index (χ2v) is 5.55. The van der Waals surface area contributed by atoms with Gasteiger partial charge < -0.3 is 11.1 Å². The molecule has 94 valence electrons. The molecule has 0 fully saturated rings. The molecule has 0 aliphatic heterocycles. The molecule has 17 heavy (non-hydrogen) atoms. The van der Waals surface area contributed by atoms with E-state index < -0.39 is 0 Å². The van der Waals surface area contributed by atoms with Crippen molar-refractivity contribution < 1.29 is 4.79 Å².